The lowest BCUT2D eigenvalue weighted by molar-refractivity contribution is -0.131. The molecule has 0 fully saturated rings. The zero-order chi connectivity index (χ0) is 15.0. The SMILES string of the molecule is C=CC(=O)O.C=CCOCC=C.CCC(C)(C)C. The maximum absolute atomic E-state index is 9.25. The molecule has 18 heavy (non-hydrogen) atoms. The summed E-state index contributed by atoms with van der Waals surface area (Å²) in [4.78, 5) is 9.25. The van der Waals surface area contributed by atoms with Crippen molar-refractivity contribution in [2.24, 2.45) is 5.41 Å². The summed E-state index contributed by atoms with van der Waals surface area (Å²) >= 11 is 0. The monoisotopic (exact) mass is 256 g/mol. The van der Waals surface area contributed by atoms with Gasteiger partial charge < -0.3 is 9.84 Å². The highest BCUT2D eigenvalue weighted by Gasteiger charge is 2.03. The molecule has 0 saturated carbocycles. The van der Waals surface area contributed by atoms with Crippen molar-refractivity contribution in [1.29, 1.82) is 0 Å². The van der Waals surface area contributed by atoms with Crippen LogP contribution >= 0.6 is 0 Å². The van der Waals surface area contributed by atoms with Crippen molar-refractivity contribution in [3.63, 3.8) is 0 Å². The Hall–Kier alpha value is -1.35. The van der Waals surface area contributed by atoms with E-state index < -0.39 is 5.97 Å². The average molecular weight is 256 g/mol. The highest BCUT2D eigenvalue weighted by atomic mass is 16.5. The zero-order valence-corrected chi connectivity index (χ0v) is 12.2. The molecule has 0 aromatic heterocycles. The van der Waals surface area contributed by atoms with Crippen molar-refractivity contribution in [2.45, 2.75) is 34.1 Å². The summed E-state index contributed by atoms with van der Waals surface area (Å²) < 4.78 is 4.90. The predicted octanol–water partition coefficient (Wildman–Crippen LogP) is 4.07. The van der Waals surface area contributed by atoms with Gasteiger partial charge in [-0.2, -0.15) is 0 Å². The highest BCUT2D eigenvalue weighted by Crippen LogP contribution is 2.16. The number of aliphatic carboxylic acids is 1. The fraction of sp³-hybridized carbons (Fsp3) is 0.533. The van der Waals surface area contributed by atoms with Gasteiger partial charge in [-0.1, -0.05) is 52.8 Å². The highest BCUT2D eigenvalue weighted by molar-refractivity contribution is 5.78. The molecule has 0 aliphatic rings. The van der Waals surface area contributed by atoms with Gasteiger partial charge in [0, 0.05) is 6.08 Å². The largest absolute Gasteiger partial charge is 0.478 e. The number of hydrogen-bond donors (Lipinski definition) is 1. The Morgan fingerprint density at radius 2 is 1.44 bits per heavy atom. The van der Waals surface area contributed by atoms with Crippen molar-refractivity contribution in [2.75, 3.05) is 13.2 Å². The number of carboxylic acid groups (broad SMARTS) is 1. The van der Waals surface area contributed by atoms with Gasteiger partial charge in [-0.15, -0.1) is 13.2 Å². The van der Waals surface area contributed by atoms with E-state index in [1.54, 1.807) is 12.2 Å². The molecule has 0 aromatic carbocycles. The second-order valence-corrected chi connectivity index (χ2v) is 4.57. The van der Waals surface area contributed by atoms with Crippen LogP contribution in [-0.4, -0.2) is 24.3 Å². The molecule has 0 amide bonds. The first-order valence-electron chi connectivity index (χ1n) is 5.90. The third-order valence-corrected chi connectivity index (χ3v) is 1.71. The van der Waals surface area contributed by atoms with Crippen LogP contribution in [0.5, 0.6) is 0 Å². The molecule has 3 heteroatoms. The van der Waals surface area contributed by atoms with Crippen LogP contribution < -0.4 is 0 Å². The second kappa shape index (κ2) is 15.6. The lowest BCUT2D eigenvalue weighted by atomic mass is 9.94. The molecule has 0 rings (SSSR count). The summed E-state index contributed by atoms with van der Waals surface area (Å²) in [6.45, 7) is 20.1. The molecule has 106 valence electrons. The Bertz CT molecular complexity index is 216. The smallest absolute Gasteiger partial charge is 0.327 e. The maximum atomic E-state index is 9.25. The van der Waals surface area contributed by atoms with Gasteiger partial charge in [-0.3, -0.25) is 0 Å². The van der Waals surface area contributed by atoms with Gasteiger partial charge in [-0.05, 0) is 5.41 Å². The summed E-state index contributed by atoms with van der Waals surface area (Å²) in [7, 11) is 0. The van der Waals surface area contributed by atoms with E-state index in [4.69, 9.17) is 9.84 Å². The normalized spacial score (nSPS) is 8.89. The molecule has 0 aliphatic heterocycles. The fourth-order valence-corrected chi connectivity index (χ4v) is 0.235. The Labute approximate surface area is 112 Å². The summed E-state index contributed by atoms with van der Waals surface area (Å²) in [5.74, 6) is -0.981. The van der Waals surface area contributed by atoms with Crippen molar-refractivity contribution in [1.82, 2.24) is 0 Å². The third-order valence-electron chi connectivity index (χ3n) is 1.71. The molecule has 0 atom stereocenters. The molecule has 3 nitrogen and oxygen atoms in total. The van der Waals surface area contributed by atoms with Gasteiger partial charge in [-0.25, -0.2) is 4.79 Å². The molecular formula is C15H28O3. The van der Waals surface area contributed by atoms with E-state index in [1.165, 1.54) is 6.42 Å². The van der Waals surface area contributed by atoms with Crippen molar-refractivity contribution in [3.05, 3.63) is 38.0 Å². The minimum atomic E-state index is -0.981. The van der Waals surface area contributed by atoms with Crippen LogP contribution in [0.25, 0.3) is 0 Å². The molecule has 0 heterocycles. The van der Waals surface area contributed by atoms with Gasteiger partial charge in [0.1, 0.15) is 0 Å². The summed E-state index contributed by atoms with van der Waals surface area (Å²) in [6, 6.07) is 0. The first-order chi connectivity index (χ1) is 8.24. The number of carboxylic acids is 1. The molecule has 0 radical (unpaired) electrons. The lowest BCUT2D eigenvalue weighted by Crippen LogP contribution is -2.00. The van der Waals surface area contributed by atoms with Gasteiger partial charge in [0.05, 0.1) is 13.2 Å². The first-order valence-corrected chi connectivity index (χ1v) is 5.90. The minimum Gasteiger partial charge on any atom is -0.478 e. The van der Waals surface area contributed by atoms with Gasteiger partial charge in [0.25, 0.3) is 0 Å². The first kappa shape index (κ1) is 21.9. The molecular weight excluding hydrogens is 228 g/mol. The van der Waals surface area contributed by atoms with Gasteiger partial charge in [0.2, 0.25) is 0 Å². The van der Waals surface area contributed by atoms with E-state index in [0.29, 0.717) is 18.6 Å². The van der Waals surface area contributed by atoms with Gasteiger partial charge >= 0.3 is 5.97 Å². The van der Waals surface area contributed by atoms with Crippen molar-refractivity contribution < 1.29 is 14.6 Å². The number of ether oxygens (including phenoxy) is 1. The lowest BCUT2D eigenvalue weighted by Gasteiger charge is -2.12. The molecule has 0 bridgehead atoms. The van der Waals surface area contributed by atoms with Crippen LogP contribution in [0.1, 0.15) is 34.1 Å². The second-order valence-electron chi connectivity index (χ2n) is 4.57. The van der Waals surface area contributed by atoms with Gasteiger partial charge in [0.15, 0.2) is 0 Å². The molecule has 1 N–H and O–H groups in total. The van der Waals surface area contributed by atoms with Crippen LogP contribution in [0.3, 0.4) is 0 Å². The summed E-state index contributed by atoms with van der Waals surface area (Å²) in [5, 5.41) is 7.60. The molecule has 0 aliphatic carbocycles. The molecule has 0 aromatic rings. The summed E-state index contributed by atoms with van der Waals surface area (Å²) in [5.41, 5.74) is 0.542. The predicted molar refractivity (Wildman–Crippen MR) is 78.8 cm³/mol. The standard InChI is InChI=1S/C6H10O.C6H14.C3H4O2/c1-3-5-7-6-4-2;1-5-6(2,3)4;1-2-3(4)5/h3-4H,1-2,5-6H2;5H2,1-4H3;2H,1H2,(H,4,5). The van der Waals surface area contributed by atoms with Crippen LogP contribution in [0.15, 0.2) is 38.0 Å². The third kappa shape index (κ3) is 46.6. The minimum absolute atomic E-state index is 0.542. The maximum Gasteiger partial charge on any atom is 0.327 e. The van der Waals surface area contributed by atoms with Crippen molar-refractivity contribution >= 4 is 5.97 Å². The Balaban J connectivity index is -0.000000190. The van der Waals surface area contributed by atoms with Crippen LogP contribution in [0.2, 0.25) is 0 Å². The van der Waals surface area contributed by atoms with E-state index in [0.717, 1.165) is 6.08 Å². The van der Waals surface area contributed by atoms with E-state index in [2.05, 4.69) is 47.4 Å². The van der Waals surface area contributed by atoms with E-state index >= 15 is 0 Å². The van der Waals surface area contributed by atoms with Crippen LogP contribution in [0, 0.1) is 5.41 Å². The van der Waals surface area contributed by atoms with E-state index in [9.17, 15) is 4.79 Å². The zero-order valence-electron chi connectivity index (χ0n) is 12.2. The quantitative estimate of drug-likeness (QED) is 0.458. The Morgan fingerprint density at radius 1 is 1.17 bits per heavy atom. The van der Waals surface area contributed by atoms with E-state index in [-0.39, 0.29) is 0 Å². The van der Waals surface area contributed by atoms with Crippen LogP contribution in [-0.2, 0) is 9.53 Å². The van der Waals surface area contributed by atoms with Crippen LogP contribution in [0.4, 0.5) is 0 Å². The number of hydrogen-bond acceptors (Lipinski definition) is 2. The summed E-state index contributed by atoms with van der Waals surface area (Å²) in [6.07, 6.45) is 5.53. The van der Waals surface area contributed by atoms with E-state index in [1.807, 2.05) is 0 Å². The molecule has 0 saturated heterocycles. The number of rotatable bonds is 5. The molecule has 0 unspecified atom stereocenters. The number of carbonyl (C=O) groups is 1. The fourth-order valence-electron chi connectivity index (χ4n) is 0.235. The Morgan fingerprint density at radius 3 is 1.56 bits per heavy atom. The Kier molecular flexibility index (Phi) is 19.0. The average Bonchev–Trinajstić information content (AvgIpc) is 2.30. The molecule has 0 spiro atoms. The van der Waals surface area contributed by atoms with Crippen molar-refractivity contribution in [3.8, 4) is 0 Å². The topological polar surface area (TPSA) is 46.5 Å².